The quantitative estimate of drug-likeness (QED) is 0.360. The second-order valence-electron chi connectivity index (χ2n) is 4.64. The van der Waals surface area contributed by atoms with Gasteiger partial charge in [-0.2, -0.15) is 0 Å². The van der Waals surface area contributed by atoms with E-state index in [-0.39, 0.29) is 6.61 Å². The number of allylic oxidation sites excluding steroid dienone is 1. The molecular formula is C17H24N4O. The van der Waals surface area contributed by atoms with Crippen LogP contribution in [0.2, 0.25) is 0 Å². The molecule has 3 rings (SSSR count). The fourth-order valence-electron chi connectivity index (χ4n) is 2.79. The maximum absolute atomic E-state index is 9.46. The first kappa shape index (κ1) is 18.0. The summed E-state index contributed by atoms with van der Waals surface area (Å²) in [7, 11) is 0. The third-order valence-corrected chi connectivity index (χ3v) is 3.72. The summed E-state index contributed by atoms with van der Waals surface area (Å²) >= 11 is 0. The van der Waals surface area contributed by atoms with Gasteiger partial charge in [-0.05, 0) is 46.7 Å². The zero-order valence-electron chi connectivity index (χ0n) is 12.8. The lowest BCUT2D eigenvalue weighted by Gasteiger charge is -2.10. The minimum atomic E-state index is 0.100. The van der Waals surface area contributed by atoms with Gasteiger partial charge in [-0.1, -0.05) is 48.5 Å². The van der Waals surface area contributed by atoms with Gasteiger partial charge in [0.25, 0.3) is 0 Å². The molecular weight excluding hydrogens is 276 g/mol. The molecule has 0 spiro atoms. The molecule has 0 saturated heterocycles. The van der Waals surface area contributed by atoms with Gasteiger partial charge in [0.15, 0.2) is 0 Å². The Morgan fingerprint density at radius 2 is 1.64 bits per heavy atom. The van der Waals surface area contributed by atoms with E-state index >= 15 is 0 Å². The summed E-state index contributed by atoms with van der Waals surface area (Å²) in [6.07, 6.45) is 2.97. The van der Waals surface area contributed by atoms with Gasteiger partial charge in [-0.25, -0.2) is 0 Å². The van der Waals surface area contributed by atoms with Crippen LogP contribution in [0, 0.1) is 0 Å². The lowest BCUT2D eigenvalue weighted by molar-refractivity contribution is 0.350. The minimum absolute atomic E-state index is 0.100. The van der Waals surface area contributed by atoms with Crippen LogP contribution in [0.4, 0.5) is 0 Å². The van der Waals surface area contributed by atoms with Gasteiger partial charge in [0.2, 0.25) is 0 Å². The first-order valence-corrected chi connectivity index (χ1v) is 6.98. The first-order chi connectivity index (χ1) is 10.8. The van der Waals surface area contributed by atoms with Crippen LogP contribution < -0.4 is 23.4 Å². The molecule has 0 saturated carbocycles. The summed E-state index contributed by atoms with van der Waals surface area (Å²) in [5, 5.41) is 9.46. The number of fused-ring (bicyclic) bond motifs is 3. The van der Waals surface area contributed by atoms with Gasteiger partial charge >= 0.3 is 0 Å². The average molecular weight is 300 g/mol. The molecule has 1 aliphatic carbocycles. The molecule has 2 aromatic carbocycles. The van der Waals surface area contributed by atoms with Crippen LogP contribution in [0.5, 0.6) is 0 Å². The molecule has 0 unspecified atom stereocenters. The van der Waals surface area contributed by atoms with Crippen molar-refractivity contribution in [3.63, 3.8) is 0 Å². The second-order valence-corrected chi connectivity index (χ2v) is 4.64. The molecule has 0 fully saturated rings. The van der Waals surface area contributed by atoms with Gasteiger partial charge in [-0.15, -0.1) is 0 Å². The number of hydrogen-bond acceptors (Lipinski definition) is 5. The van der Waals surface area contributed by atoms with E-state index in [0.717, 1.165) is 12.0 Å². The molecule has 5 nitrogen and oxygen atoms in total. The minimum Gasteiger partial charge on any atom is -0.392 e. The Balaban J connectivity index is 0.000000561. The van der Waals surface area contributed by atoms with Crippen molar-refractivity contribution in [1.82, 2.24) is 0 Å². The van der Waals surface area contributed by atoms with E-state index in [2.05, 4.69) is 65.8 Å². The highest BCUT2D eigenvalue weighted by atomic mass is 16.3. The van der Waals surface area contributed by atoms with E-state index in [9.17, 15) is 5.11 Å². The number of benzene rings is 2. The number of hydrazine groups is 2. The van der Waals surface area contributed by atoms with Crippen molar-refractivity contribution in [3.8, 4) is 11.1 Å². The molecule has 0 aromatic heterocycles. The topological polar surface area (TPSA) is 124 Å². The largest absolute Gasteiger partial charge is 0.392 e. The van der Waals surface area contributed by atoms with Crippen molar-refractivity contribution in [2.45, 2.75) is 13.3 Å². The molecule has 1 aliphatic rings. The number of hydrogen-bond donors (Lipinski definition) is 5. The van der Waals surface area contributed by atoms with Gasteiger partial charge in [0, 0.05) is 0 Å². The zero-order valence-corrected chi connectivity index (χ0v) is 12.8. The monoisotopic (exact) mass is 300 g/mol. The van der Waals surface area contributed by atoms with Crippen LogP contribution in [-0.2, 0) is 6.42 Å². The SMILES string of the molecule is CC=C(CO)c1cccc2c1Cc1ccccc1-2.NN.NN. The molecule has 0 bridgehead atoms. The number of rotatable bonds is 2. The summed E-state index contributed by atoms with van der Waals surface area (Å²) < 4.78 is 0. The Kier molecular flexibility index (Phi) is 7.45. The van der Waals surface area contributed by atoms with Crippen molar-refractivity contribution >= 4 is 5.57 Å². The molecule has 0 amide bonds. The van der Waals surface area contributed by atoms with Crippen LogP contribution >= 0.6 is 0 Å². The average Bonchev–Trinajstić information content (AvgIpc) is 2.99. The number of aliphatic hydroxyl groups excluding tert-OH is 1. The van der Waals surface area contributed by atoms with Crippen LogP contribution in [0.3, 0.4) is 0 Å². The summed E-state index contributed by atoms with van der Waals surface area (Å²) in [4.78, 5) is 0. The predicted octanol–water partition coefficient (Wildman–Crippen LogP) is 1.29. The van der Waals surface area contributed by atoms with E-state index in [4.69, 9.17) is 0 Å². The maximum Gasteiger partial charge on any atom is 0.0684 e. The summed E-state index contributed by atoms with van der Waals surface area (Å²) in [5.41, 5.74) is 7.58. The van der Waals surface area contributed by atoms with Crippen molar-refractivity contribution in [2.24, 2.45) is 23.4 Å². The van der Waals surface area contributed by atoms with Crippen molar-refractivity contribution in [3.05, 3.63) is 65.2 Å². The third-order valence-electron chi connectivity index (χ3n) is 3.72. The fourth-order valence-corrected chi connectivity index (χ4v) is 2.79. The Labute approximate surface area is 131 Å². The normalized spacial score (nSPS) is 11.5. The van der Waals surface area contributed by atoms with Gasteiger partial charge in [0.05, 0.1) is 6.61 Å². The van der Waals surface area contributed by atoms with E-state index in [1.807, 2.05) is 13.0 Å². The van der Waals surface area contributed by atoms with Crippen LogP contribution in [0.15, 0.2) is 48.5 Å². The lowest BCUT2D eigenvalue weighted by atomic mass is 9.96. The van der Waals surface area contributed by atoms with Crippen LogP contribution in [0.25, 0.3) is 16.7 Å². The van der Waals surface area contributed by atoms with Gasteiger partial charge in [0.1, 0.15) is 0 Å². The van der Waals surface area contributed by atoms with Crippen LogP contribution in [0.1, 0.15) is 23.6 Å². The Morgan fingerprint density at radius 1 is 1.00 bits per heavy atom. The third kappa shape index (κ3) is 3.41. The van der Waals surface area contributed by atoms with Gasteiger partial charge in [-0.3, -0.25) is 23.4 Å². The molecule has 5 heteroatoms. The molecule has 0 aliphatic heterocycles. The van der Waals surface area contributed by atoms with Crippen molar-refractivity contribution in [1.29, 1.82) is 0 Å². The standard InChI is InChI=1S/C17H16O.2H4N2/c1-2-12(11-18)14-8-5-9-16-15-7-4-3-6-13(15)10-17(14)16;2*1-2/h2-9,18H,10-11H2,1H3;2*1-2H2. The highest BCUT2D eigenvalue weighted by Crippen LogP contribution is 2.39. The lowest BCUT2D eigenvalue weighted by Crippen LogP contribution is -2.02. The second kappa shape index (κ2) is 9.09. The Morgan fingerprint density at radius 3 is 2.27 bits per heavy atom. The maximum atomic E-state index is 9.46. The van der Waals surface area contributed by atoms with Crippen molar-refractivity contribution < 1.29 is 5.11 Å². The molecule has 22 heavy (non-hydrogen) atoms. The highest BCUT2D eigenvalue weighted by molar-refractivity contribution is 5.83. The molecule has 0 heterocycles. The molecule has 0 radical (unpaired) electrons. The van der Waals surface area contributed by atoms with Crippen LogP contribution in [-0.4, -0.2) is 11.7 Å². The number of nitrogens with two attached hydrogens (primary N) is 4. The smallest absolute Gasteiger partial charge is 0.0684 e. The summed E-state index contributed by atoms with van der Waals surface area (Å²) in [6.45, 7) is 2.08. The molecule has 2 aromatic rings. The van der Waals surface area contributed by atoms with Crippen molar-refractivity contribution in [2.75, 3.05) is 6.61 Å². The van der Waals surface area contributed by atoms with E-state index in [1.165, 1.54) is 27.8 Å². The van der Waals surface area contributed by atoms with E-state index < -0.39 is 0 Å². The molecule has 9 N–H and O–H groups in total. The highest BCUT2D eigenvalue weighted by Gasteiger charge is 2.21. The summed E-state index contributed by atoms with van der Waals surface area (Å²) in [5.74, 6) is 16.0. The predicted molar refractivity (Wildman–Crippen MR) is 92.2 cm³/mol. The molecule has 118 valence electrons. The van der Waals surface area contributed by atoms with Gasteiger partial charge < -0.3 is 5.11 Å². The molecule has 0 atom stereocenters. The fraction of sp³-hybridized carbons (Fsp3) is 0.176. The first-order valence-electron chi connectivity index (χ1n) is 6.98. The van der Waals surface area contributed by atoms with E-state index in [1.54, 1.807) is 0 Å². The van der Waals surface area contributed by atoms with E-state index in [0.29, 0.717) is 0 Å². The Bertz CT molecular complexity index is 638. The Hall–Kier alpha value is -2.02. The zero-order chi connectivity index (χ0) is 16.5. The number of aliphatic hydroxyl groups is 1. The summed E-state index contributed by atoms with van der Waals surface area (Å²) in [6, 6.07) is 14.9.